The normalized spacial score (nSPS) is 16.5. The quantitative estimate of drug-likeness (QED) is 0.340. The summed E-state index contributed by atoms with van der Waals surface area (Å²) < 4.78 is 5.48. The van der Waals surface area contributed by atoms with Gasteiger partial charge in [-0.25, -0.2) is 9.36 Å². The minimum atomic E-state index is 0. The van der Waals surface area contributed by atoms with Crippen LogP contribution in [0.1, 0.15) is 59.6 Å². The number of nitrogens with zero attached hydrogens (tertiary/aromatic N) is 5. The second-order valence-electron chi connectivity index (χ2n) is 11.5. The summed E-state index contributed by atoms with van der Waals surface area (Å²) in [6, 6.07) is 21.4. The molecule has 3 aliphatic rings. The SMILES string of the molecule is C[N+](Cc1nn(-c2ccccc2)c2c1CCC2)(Cc1nn(-c2ccccc2)c2c1CCC2)CC1CC1.[Cl-]. The van der Waals surface area contributed by atoms with Crippen molar-refractivity contribution in [3.63, 3.8) is 0 Å². The van der Waals surface area contributed by atoms with Gasteiger partial charge in [0.05, 0.1) is 25.0 Å². The van der Waals surface area contributed by atoms with Gasteiger partial charge in [0.25, 0.3) is 0 Å². The summed E-state index contributed by atoms with van der Waals surface area (Å²) in [6.45, 7) is 3.21. The van der Waals surface area contributed by atoms with Crippen molar-refractivity contribution in [1.82, 2.24) is 19.6 Å². The minimum Gasteiger partial charge on any atom is -1.00 e. The molecule has 0 atom stereocenters. The Morgan fingerprint density at radius 2 is 1.16 bits per heavy atom. The average Bonchev–Trinajstić information content (AvgIpc) is 3.27. The van der Waals surface area contributed by atoms with Gasteiger partial charge in [-0.05, 0) is 75.6 Å². The lowest BCUT2D eigenvalue weighted by Crippen LogP contribution is -3.00. The number of hydrogen-bond donors (Lipinski definition) is 0. The molecule has 6 heteroatoms. The summed E-state index contributed by atoms with van der Waals surface area (Å²) >= 11 is 0. The predicted molar refractivity (Wildman–Crippen MR) is 142 cm³/mol. The highest BCUT2D eigenvalue weighted by molar-refractivity contribution is 5.41. The highest BCUT2D eigenvalue weighted by Crippen LogP contribution is 2.37. The van der Waals surface area contributed by atoms with Crippen molar-refractivity contribution < 1.29 is 16.9 Å². The van der Waals surface area contributed by atoms with Crippen LogP contribution in [0.15, 0.2) is 60.7 Å². The smallest absolute Gasteiger partial charge is 0.124 e. The zero-order valence-electron chi connectivity index (χ0n) is 21.7. The van der Waals surface area contributed by atoms with Crippen molar-refractivity contribution in [2.24, 2.45) is 5.92 Å². The summed E-state index contributed by atoms with van der Waals surface area (Å²) in [7, 11) is 2.46. The van der Waals surface area contributed by atoms with Crippen LogP contribution in [0, 0.1) is 5.92 Å². The van der Waals surface area contributed by atoms with Crippen LogP contribution in [-0.2, 0) is 38.8 Å². The molecule has 0 spiro atoms. The van der Waals surface area contributed by atoms with E-state index in [1.54, 1.807) is 0 Å². The lowest BCUT2D eigenvalue weighted by atomic mass is 10.1. The summed E-state index contributed by atoms with van der Waals surface area (Å²) in [5.74, 6) is 0.850. The third-order valence-corrected chi connectivity index (χ3v) is 8.49. The van der Waals surface area contributed by atoms with E-state index in [1.807, 2.05) is 0 Å². The Morgan fingerprint density at radius 3 is 1.59 bits per heavy atom. The number of fused-ring (bicyclic) bond motifs is 2. The van der Waals surface area contributed by atoms with Crippen LogP contribution in [0.5, 0.6) is 0 Å². The van der Waals surface area contributed by atoms with Crippen LogP contribution in [0.4, 0.5) is 0 Å². The van der Waals surface area contributed by atoms with Gasteiger partial charge in [0, 0.05) is 28.4 Å². The molecule has 7 rings (SSSR count). The number of benzene rings is 2. The maximum Gasteiger partial charge on any atom is 0.124 e. The molecule has 0 N–H and O–H groups in total. The van der Waals surface area contributed by atoms with E-state index in [4.69, 9.17) is 10.2 Å². The molecule has 2 aromatic heterocycles. The molecule has 4 aromatic rings. The van der Waals surface area contributed by atoms with Gasteiger partial charge in [0.1, 0.15) is 24.5 Å². The first-order valence-electron chi connectivity index (χ1n) is 13.8. The summed E-state index contributed by atoms with van der Waals surface area (Å²) in [5.41, 5.74) is 10.9. The molecule has 0 radical (unpaired) electrons. The molecule has 5 nitrogen and oxygen atoms in total. The Balaban J connectivity index is 0.00000252. The molecule has 0 aliphatic heterocycles. The Bertz CT molecular complexity index is 1290. The fraction of sp³-hybridized carbons (Fsp3) is 0.419. The first kappa shape index (κ1) is 24.4. The minimum absolute atomic E-state index is 0. The van der Waals surface area contributed by atoms with Crippen molar-refractivity contribution in [2.45, 2.75) is 64.5 Å². The van der Waals surface area contributed by atoms with Gasteiger partial charge in [-0.1, -0.05) is 36.4 Å². The molecular weight excluding hydrogens is 478 g/mol. The molecule has 0 bridgehead atoms. The number of rotatable bonds is 8. The number of aromatic nitrogens is 4. The van der Waals surface area contributed by atoms with Gasteiger partial charge in [-0.15, -0.1) is 0 Å². The molecule has 0 saturated heterocycles. The van der Waals surface area contributed by atoms with Crippen LogP contribution in [0.2, 0.25) is 0 Å². The van der Waals surface area contributed by atoms with E-state index < -0.39 is 0 Å². The summed E-state index contributed by atoms with van der Waals surface area (Å²) in [4.78, 5) is 0. The molecule has 1 saturated carbocycles. The van der Waals surface area contributed by atoms with Gasteiger partial charge in [0.15, 0.2) is 0 Å². The molecule has 37 heavy (non-hydrogen) atoms. The van der Waals surface area contributed by atoms with Gasteiger partial charge in [0.2, 0.25) is 0 Å². The number of hydrogen-bond acceptors (Lipinski definition) is 2. The third kappa shape index (κ3) is 4.64. The van der Waals surface area contributed by atoms with E-state index in [1.165, 1.54) is 90.3 Å². The topological polar surface area (TPSA) is 35.6 Å². The summed E-state index contributed by atoms with van der Waals surface area (Å²) in [5, 5.41) is 10.5. The third-order valence-electron chi connectivity index (χ3n) is 8.49. The van der Waals surface area contributed by atoms with Crippen molar-refractivity contribution >= 4 is 0 Å². The van der Waals surface area contributed by atoms with E-state index in [-0.39, 0.29) is 12.4 Å². The van der Waals surface area contributed by atoms with E-state index in [9.17, 15) is 0 Å². The lowest BCUT2D eigenvalue weighted by Gasteiger charge is -2.34. The first-order valence-corrected chi connectivity index (χ1v) is 13.8. The Kier molecular flexibility index (Phi) is 6.46. The first-order chi connectivity index (χ1) is 17.7. The molecule has 2 heterocycles. The van der Waals surface area contributed by atoms with Crippen molar-refractivity contribution in [3.05, 3.63) is 94.6 Å². The van der Waals surface area contributed by atoms with Crippen molar-refractivity contribution in [2.75, 3.05) is 13.6 Å². The summed E-state index contributed by atoms with van der Waals surface area (Å²) in [6.07, 6.45) is 9.85. The molecular formula is C31H36ClN5. The van der Waals surface area contributed by atoms with Crippen LogP contribution < -0.4 is 12.4 Å². The number of quaternary nitrogens is 1. The molecule has 2 aromatic carbocycles. The van der Waals surface area contributed by atoms with Crippen molar-refractivity contribution in [3.8, 4) is 11.4 Å². The van der Waals surface area contributed by atoms with E-state index in [2.05, 4.69) is 77.1 Å². The van der Waals surface area contributed by atoms with Gasteiger partial charge in [-0.3, -0.25) is 0 Å². The maximum absolute atomic E-state index is 5.26. The fourth-order valence-corrected chi connectivity index (χ4v) is 6.68. The van der Waals surface area contributed by atoms with E-state index in [0.29, 0.717) is 0 Å². The Labute approximate surface area is 226 Å². The van der Waals surface area contributed by atoms with E-state index >= 15 is 0 Å². The zero-order valence-corrected chi connectivity index (χ0v) is 22.5. The Hall–Kier alpha value is -2.89. The second kappa shape index (κ2) is 9.77. The number of para-hydroxylation sites is 2. The van der Waals surface area contributed by atoms with Crippen LogP contribution in [0.25, 0.3) is 11.4 Å². The number of halogens is 1. The molecule has 1 fully saturated rings. The average molecular weight is 514 g/mol. The second-order valence-corrected chi connectivity index (χ2v) is 11.5. The van der Waals surface area contributed by atoms with Crippen molar-refractivity contribution in [1.29, 1.82) is 0 Å². The van der Waals surface area contributed by atoms with Gasteiger partial charge < -0.3 is 16.9 Å². The van der Waals surface area contributed by atoms with Gasteiger partial charge in [-0.2, -0.15) is 10.2 Å². The highest BCUT2D eigenvalue weighted by atomic mass is 35.5. The van der Waals surface area contributed by atoms with Crippen LogP contribution in [-0.4, -0.2) is 37.6 Å². The van der Waals surface area contributed by atoms with Crippen LogP contribution >= 0.6 is 0 Å². The largest absolute Gasteiger partial charge is 1.00 e. The molecule has 0 unspecified atom stereocenters. The zero-order chi connectivity index (χ0) is 24.1. The Morgan fingerprint density at radius 1 is 0.703 bits per heavy atom. The molecule has 3 aliphatic carbocycles. The van der Waals surface area contributed by atoms with E-state index in [0.717, 1.165) is 36.3 Å². The predicted octanol–water partition coefficient (Wildman–Crippen LogP) is 2.60. The fourth-order valence-electron chi connectivity index (χ4n) is 6.68. The highest BCUT2D eigenvalue weighted by Gasteiger charge is 2.38. The van der Waals surface area contributed by atoms with Gasteiger partial charge >= 0.3 is 0 Å². The molecule has 0 amide bonds. The lowest BCUT2D eigenvalue weighted by molar-refractivity contribution is -0.937. The standard InChI is InChI=1S/C31H36N5.ClH/c1-36(20-23-18-19-23,21-28-26-14-8-16-30(26)34(32-28)24-10-4-2-5-11-24)22-29-27-15-9-17-31(27)35(33-29)25-12-6-3-7-13-25;/h2-7,10-13,23H,8-9,14-22H2,1H3;1H/q+1;/p-1. The maximum atomic E-state index is 5.26. The molecule has 192 valence electrons. The monoisotopic (exact) mass is 513 g/mol. The van der Waals surface area contributed by atoms with Crippen LogP contribution in [0.3, 0.4) is 0 Å².